The number of piperidine rings is 3. The topological polar surface area (TPSA) is 98.4 Å². The molecule has 3 saturated heterocycles. The lowest BCUT2D eigenvalue weighted by Crippen LogP contribution is -2.68. The lowest BCUT2D eigenvalue weighted by molar-refractivity contribution is -0.159. The molecule has 8 nitrogen and oxygen atoms in total. The second-order valence-electron chi connectivity index (χ2n) is 9.28. The van der Waals surface area contributed by atoms with Crippen LogP contribution in [0.3, 0.4) is 0 Å². The average molecular weight is 436 g/mol. The van der Waals surface area contributed by atoms with Crippen LogP contribution in [0.25, 0.3) is 0 Å². The van der Waals surface area contributed by atoms with Gasteiger partial charge in [-0.25, -0.2) is 4.98 Å². The van der Waals surface area contributed by atoms with Gasteiger partial charge in [0.1, 0.15) is 11.7 Å². The molecular weight excluding hydrogens is 406 g/mol. The van der Waals surface area contributed by atoms with Crippen LogP contribution < -0.4 is 5.32 Å². The van der Waals surface area contributed by atoms with E-state index in [1.165, 1.54) is 12.5 Å². The summed E-state index contributed by atoms with van der Waals surface area (Å²) in [6, 6.07) is 7.45. The van der Waals surface area contributed by atoms with Gasteiger partial charge in [0.05, 0.1) is 12.5 Å². The largest absolute Gasteiger partial charge is 0.350 e. The van der Waals surface area contributed by atoms with Gasteiger partial charge in [0.25, 0.3) is 5.91 Å². The van der Waals surface area contributed by atoms with E-state index in [1.807, 2.05) is 41.0 Å². The van der Waals surface area contributed by atoms with Gasteiger partial charge in [0.2, 0.25) is 11.8 Å². The first-order valence-corrected chi connectivity index (χ1v) is 11.4. The second kappa shape index (κ2) is 8.41. The Morgan fingerprint density at radius 2 is 2.03 bits per heavy atom. The molecule has 5 rings (SSSR count). The Kier molecular flexibility index (Phi) is 5.45. The van der Waals surface area contributed by atoms with E-state index < -0.39 is 6.04 Å². The Bertz CT molecular complexity index is 1020. The summed E-state index contributed by atoms with van der Waals surface area (Å²) in [7, 11) is 0. The number of aromatic amines is 1. The molecule has 2 aromatic rings. The van der Waals surface area contributed by atoms with Gasteiger partial charge in [-0.2, -0.15) is 0 Å². The number of H-pyrrole nitrogens is 1. The number of carbonyl (C=O) groups excluding carboxylic acids is 3. The fourth-order valence-corrected chi connectivity index (χ4v) is 5.80. The van der Waals surface area contributed by atoms with E-state index in [0.29, 0.717) is 31.7 Å². The average Bonchev–Trinajstić information content (AvgIpc) is 3.33. The summed E-state index contributed by atoms with van der Waals surface area (Å²) in [4.78, 5) is 50.0. The highest BCUT2D eigenvalue weighted by Gasteiger charge is 2.52. The number of aryl methyl sites for hydroxylation is 1. The number of nitrogens with one attached hydrogen (secondary N) is 2. The number of aromatic nitrogens is 2. The van der Waals surface area contributed by atoms with Crippen molar-refractivity contribution in [2.45, 2.75) is 51.2 Å². The minimum Gasteiger partial charge on any atom is -0.350 e. The number of nitrogens with zero attached hydrogens (tertiary/aromatic N) is 3. The van der Waals surface area contributed by atoms with Crippen LogP contribution in [0.1, 0.15) is 47.3 Å². The smallest absolute Gasteiger partial charge is 0.271 e. The summed E-state index contributed by atoms with van der Waals surface area (Å²) in [6.45, 7) is 3.53. The zero-order valence-electron chi connectivity index (χ0n) is 18.3. The number of likely N-dealkylation sites (tertiary alicyclic amines) is 1. The molecule has 0 aliphatic carbocycles. The number of benzene rings is 1. The molecule has 3 aliphatic heterocycles. The molecule has 4 heterocycles. The Morgan fingerprint density at radius 1 is 1.22 bits per heavy atom. The van der Waals surface area contributed by atoms with Gasteiger partial charge in [-0.05, 0) is 43.2 Å². The van der Waals surface area contributed by atoms with Crippen LogP contribution in [-0.2, 0) is 16.1 Å². The fraction of sp³-hybridized carbons (Fsp3) is 0.500. The molecule has 0 spiro atoms. The summed E-state index contributed by atoms with van der Waals surface area (Å²) in [5.74, 6) is -0.0129. The molecule has 4 atom stereocenters. The summed E-state index contributed by atoms with van der Waals surface area (Å²) < 4.78 is 0. The molecule has 3 fully saturated rings. The van der Waals surface area contributed by atoms with E-state index in [0.717, 1.165) is 30.4 Å². The van der Waals surface area contributed by atoms with E-state index in [-0.39, 0.29) is 35.6 Å². The van der Waals surface area contributed by atoms with Crippen molar-refractivity contribution >= 4 is 17.7 Å². The molecule has 2 N–H and O–H groups in total. The van der Waals surface area contributed by atoms with Crippen LogP contribution in [0.5, 0.6) is 0 Å². The Hall–Kier alpha value is -3.16. The first kappa shape index (κ1) is 20.7. The summed E-state index contributed by atoms with van der Waals surface area (Å²) in [6.07, 6.45) is 6.12. The first-order valence-electron chi connectivity index (χ1n) is 11.4. The van der Waals surface area contributed by atoms with Gasteiger partial charge in [-0.3, -0.25) is 14.4 Å². The highest BCUT2D eigenvalue weighted by atomic mass is 16.2. The van der Waals surface area contributed by atoms with E-state index >= 15 is 0 Å². The van der Waals surface area contributed by atoms with Crippen molar-refractivity contribution < 1.29 is 14.4 Å². The number of amides is 3. The van der Waals surface area contributed by atoms with Crippen molar-refractivity contribution in [2.75, 3.05) is 13.1 Å². The number of fused-ring (bicyclic) bond motifs is 4. The number of hydrogen-bond acceptors (Lipinski definition) is 4. The van der Waals surface area contributed by atoms with Crippen LogP contribution in [-0.4, -0.2) is 62.7 Å². The highest BCUT2D eigenvalue weighted by molar-refractivity contribution is 5.93. The predicted molar refractivity (Wildman–Crippen MR) is 117 cm³/mol. The Balaban J connectivity index is 1.39. The van der Waals surface area contributed by atoms with Gasteiger partial charge in [-0.15, -0.1) is 0 Å². The third kappa shape index (κ3) is 3.67. The highest BCUT2D eigenvalue weighted by Crippen LogP contribution is 2.42. The van der Waals surface area contributed by atoms with Crippen LogP contribution in [0.15, 0.2) is 36.8 Å². The van der Waals surface area contributed by atoms with Gasteiger partial charge < -0.3 is 20.1 Å². The number of rotatable bonds is 4. The molecule has 3 amide bonds. The summed E-state index contributed by atoms with van der Waals surface area (Å²) >= 11 is 0. The lowest BCUT2D eigenvalue weighted by Gasteiger charge is -2.55. The van der Waals surface area contributed by atoms with Crippen molar-refractivity contribution in [3.8, 4) is 0 Å². The van der Waals surface area contributed by atoms with E-state index in [4.69, 9.17) is 0 Å². The minimum atomic E-state index is -0.537. The monoisotopic (exact) mass is 435 g/mol. The number of hydrogen-bond donors (Lipinski definition) is 2. The van der Waals surface area contributed by atoms with Crippen molar-refractivity contribution in [2.24, 2.45) is 11.8 Å². The zero-order chi connectivity index (χ0) is 22.2. The van der Waals surface area contributed by atoms with Gasteiger partial charge in [0, 0.05) is 38.0 Å². The standard InChI is InChI=1S/C24H29N5O3/c1-15-5-2-3-6-16(15)10-26-23(31)22-18-9-17(20-7-4-8-21(30)29(20)22)12-28(13-18)24(32)19-11-25-14-27-19/h2-3,5-6,11,14,17-18,20,22H,4,7-10,12-13H2,1H3,(H,25,27)(H,26,31)/t17-,18+,20+,22-/m1/s1. The van der Waals surface area contributed by atoms with E-state index in [2.05, 4.69) is 15.3 Å². The Labute approximate surface area is 187 Å². The maximum absolute atomic E-state index is 13.5. The molecular formula is C24H29N5O3. The maximum Gasteiger partial charge on any atom is 0.271 e. The SMILES string of the molecule is Cc1ccccc1CNC(=O)[C@H]1[C@H]2C[C@H](CN(C(=O)c3cnc[nH]3)C2)[C@@H]2CCCC(=O)N21. The molecule has 0 radical (unpaired) electrons. The molecule has 1 aromatic heterocycles. The summed E-state index contributed by atoms with van der Waals surface area (Å²) in [5, 5.41) is 3.09. The van der Waals surface area contributed by atoms with Crippen molar-refractivity contribution in [1.82, 2.24) is 25.1 Å². The Morgan fingerprint density at radius 3 is 2.81 bits per heavy atom. The van der Waals surface area contributed by atoms with E-state index in [1.54, 1.807) is 0 Å². The molecule has 0 unspecified atom stereocenters. The lowest BCUT2D eigenvalue weighted by atomic mass is 9.71. The third-order valence-electron chi connectivity index (χ3n) is 7.34. The number of imidazole rings is 1. The van der Waals surface area contributed by atoms with Crippen LogP contribution >= 0.6 is 0 Å². The predicted octanol–water partition coefficient (Wildman–Crippen LogP) is 1.88. The zero-order valence-corrected chi connectivity index (χ0v) is 18.3. The molecule has 3 aliphatic rings. The maximum atomic E-state index is 13.5. The fourth-order valence-electron chi connectivity index (χ4n) is 5.80. The van der Waals surface area contributed by atoms with Gasteiger partial charge in [0.15, 0.2) is 0 Å². The van der Waals surface area contributed by atoms with Crippen molar-refractivity contribution in [3.63, 3.8) is 0 Å². The van der Waals surface area contributed by atoms with E-state index in [9.17, 15) is 14.4 Å². The van der Waals surface area contributed by atoms with Crippen LogP contribution in [0.4, 0.5) is 0 Å². The molecule has 0 saturated carbocycles. The third-order valence-corrected chi connectivity index (χ3v) is 7.34. The van der Waals surface area contributed by atoms with Gasteiger partial charge in [-0.1, -0.05) is 24.3 Å². The van der Waals surface area contributed by atoms with Gasteiger partial charge >= 0.3 is 0 Å². The quantitative estimate of drug-likeness (QED) is 0.766. The van der Waals surface area contributed by atoms with Crippen LogP contribution in [0.2, 0.25) is 0 Å². The molecule has 32 heavy (non-hydrogen) atoms. The molecule has 168 valence electrons. The normalized spacial score (nSPS) is 27.1. The molecule has 2 bridgehead atoms. The van der Waals surface area contributed by atoms with Crippen molar-refractivity contribution in [3.05, 3.63) is 53.6 Å². The summed E-state index contributed by atoms with van der Waals surface area (Å²) in [5.41, 5.74) is 2.65. The van der Waals surface area contributed by atoms with Crippen molar-refractivity contribution in [1.29, 1.82) is 0 Å². The molecule has 1 aromatic carbocycles. The number of carbonyl (C=O) groups is 3. The van der Waals surface area contributed by atoms with Crippen LogP contribution in [0, 0.1) is 18.8 Å². The minimum absolute atomic E-state index is 0.0130. The second-order valence-corrected chi connectivity index (χ2v) is 9.28. The molecule has 8 heteroatoms. The first-order chi connectivity index (χ1) is 15.5.